The lowest BCUT2D eigenvalue weighted by Gasteiger charge is -2.18. The fourth-order valence-electron chi connectivity index (χ4n) is 1.87. The van der Waals surface area contributed by atoms with Crippen molar-refractivity contribution in [1.82, 2.24) is 0 Å². The van der Waals surface area contributed by atoms with Gasteiger partial charge in [0.25, 0.3) is 5.91 Å². The third-order valence-corrected chi connectivity index (χ3v) is 2.94. The number of hydrogen-bond acceptors (Lipinski definition) is 2. The SMILES string of the molecule is Cc1cc(O)ccc1C(=O)N(C)c1cccc(F)c1. The molecule has 2 rings (SSSR count). The number of rotatable bonds is 2. The number of phenols is 1. The zero-order valence-corrected chi connectivity index (χ0v) is 10.7. The molecule has 1 amide bonds. The van der Waals surface area contributed by atoms with Gasteiger partial charge in [-0.1, -0.05) is 6.07 Å². The van der Waals surface area contributed by atoms with Crippen LogP contribution < -0.4 is 4.90 Å². The minimum atomic E-state index is -0.389. The number of phenolic OH excluding ortho intramolecular Hbond substituents is 1. The lowest BCUT2D eigenvalue weighted by atomic mass is 10.1. The van der Waals surface area contributed by atoms with Crippen LogP contribution in [0, 0.1) is 12.7 Å². The normalized spacial score (nSPS) is 10.3. The molecule has 0 aliphatic heterocycles. The second-order valence-corrected chi connectivity index (χ2v) is 4.34. The number of halogens is 1. The molecule has 0 saturated carbocycles. The summed E-state index contributed by atoms with van der Waals surface area (Å²) in [7, 11) is 1.59. The van der Waals surface area contributed by atoms with E-state index in [9.17, 15) is 14.3 Å². The number of carbonyl (C=O) groups is 1. The summed E-state index contributed by atoms with van der Waals surface area (Å²) in [5.74, 6) is -0.523. The van der Waals surface area contributed by atoms with Crippen LogP contribution in [0.15, 0.2) is 42.5 Å². The van der Waals surface area contributed by atoms with Gasteiger partial charge in [-0.15, -0.1) is 0 Å². The zero-order valence-electron chi connectivity index (χ0n) is 10.7. The lowest BCUT2D eigenvalue weighted by Crippen LogP contribution is -2.26. The number of aromatic hydroxyl groups is 1. The van der Waals surface area contributed by atoms with Gasteiger partial charge < -0.3 is 10.0 Å². The molecule has 0 aliphatic rings. The number of nitrogens with zero attached hydrogens (tertiary/aromatic N) is 1. The fraction of sp³-hybridized carbons (Fsp3) is 0.133. The molecule has 0 bridgehead atoms. The Morgan fingerprint density at radius 2 is 1.95 bits per heavy atom. The Balaban J connectivity index is 2.33. The van der Waals surface area contributed by atoms with E-state index in [1.165, 1.54) is 29.2 Å². The van der Waals surface area contributed by atoms with Crippen LogP contribution in [0.1, 0.15) is 15.9 Å². The summed E-state index contributed by atoms with van der Waals surface area (Å²) in [4.78, 5) is 13.7. The molecule has 0 fully saturated rings. The summed E-state index contributed by atoms with van der Waals surface area (Å²) in [6.07, 6.45) is 0. The maximum atomic E-state index is 13.2. The van der Waals surface area contributed by atoms with E-state index in [2.05, 4.69) is 0 Å². The van der Waals surface area contributed by atoms with Gasteiger partial charge in [-0.05, 0) is 48.9 Å². The predicted molar refractivity (Wildman–Crippen MR) is 72.0 cm³/mol. The van der Waals surface area contributed by atoms with Crippen molar-refractivity contribution >= 4 is 11.6 Å². The number of aryl methyl sites for hydroxylation is 1. The van der Waals surface area contributed by atoms with Crippen LogP contribution in [0.2, 0.25) is 0 Å². The summed E-state index contributed by atoms with van der Waals surface area (Å²) < 4.78 is 13.2. The van der Waals surface area contributed by atoms with Crippen LogP contribution in [0.25, 0.3) is 0 Å². The Morgan fingerprint density at radius 3 is 2.58 bits per heavy atom. The van der Waals surface area contributed by atoms with Crippen LogP contribution in [-0.2, 0) is 0 Å². The Morgan fingerprint density at radius 1 is 1.21 bits per heavy atom. The van der Waals surface area contributed by atoms with Gasteiger partial charge in [-0.3, -0.25) is 4.79 Å². The Bertz CT molecular complexity index is 625. The highest BCUT2D eigenvalue weighted by Crippen LogP contribution is 2.20. The number of anilines is 1. The van der Waals surface area contributed by atoms with Crippen molar-refractivity contribution in [3.8, 4) is 5.75 Å². The summed E-state index contributed by atoms with van der Waals surface area (Å²) in [6, 6.07) is 10.4. The quantitative estimate of drug-likeness (QED) is 0.900. The van der Waals surface area contributed by atoms with E-state index in [4.69, 9.17) is 0 Å². The summed E-state index contributed by atoms with van der Waals surface area (Å²) >= 11 is 0. The van der Waals surface area contributed by atoms with Crippen LogP contribution in [0.3, 0.4) is 0 Å². The van der Waals surface area contributed by atoms with Gasteiger partial charge in [0.1, 0.15) is 11.6 Å². The van der Waals surface area contributed by atoms with Crippen molar-refractivity contribution in [3.63, 3.8) is 0 Å². The molecule has 0 aromatic heterocycles. The van der Waals surface area contributed by atoms with Crippen molar-refractivity contribution in [2.45, 2.75) is 6.92 Å². The minimum absolute atomic E-state index is 0.113. The smallest absolute Gasteiger partial charge is 0.258 e. The highest BCUT2D eigenvalue weighted by atomic mass is 19.1. The fourth-order valence-corrected chi connectivity index (χ4v) is 1.87. The van der Waals surface area contributed by atoms with Gasteiger partial charge in [0, 0.05) is 18.3 Å². The van der Waals surface area contributed by atoms with E-state index in [0.29, 0.717) is 16.8 Å². The van der Waals surface area contributed by atoms with E-state index >= 15 is 0 Å². The predicted octanol–water partition coefficient (Wildman–Crippen LogP) is 3.12. The Labute approximate surface area is 110 Å². The number of benzene rings is 2. The van der Waals surface area contributed by atoms with Crippen molar-refractivity contribution in [1.29, 1.82) is 0 Å². The maximum absolute atomic E-state index is 13.2. The molecule has 2 aromatic rings. The average Bonchev–Trinajstić information content (AvgIpc) is 2.37. The van der Waals surface area contributed by atoms with Gasteiger partial charge in [0.15, 0.2) is 0 Å². The summed E-state index contributed by atoms with van der Waals surface area (Å²) in [6.45, 7) is 1.74. The van der Waals surface area contributed by atoms with E-state index in [1.807, 2.05) is 0 Å². The maximum Gasteiger partial charge on any atom is 0.258 e. The standard InChI is InChI=1S/C15H14FNO2/c1-10-8-13(18)6-7-14(10)15(19)17(2)12-5-3-4-11(16)9-12/h3-9,18H,1-2H3. The molecule has 0 atom stereocenters. The molecular weight excluding hydrogens is 245 g/mol. The number of amides is 1. The third kappa shape index (κ3) is 2.73. The minimum Gasteiger partial charge on any atom is -0.508 e. The molecule has 19 heavy (non-hydrogen) atoms. The second kappa shape index (κ2) is 5.10. The molecule has 0 aliphatic carbocycles. The van der Waals surface area contributed by atoms with E-state index in [0.717, 1.165) is 0 Å². The largest absolute Gasteiger partial charge is 0.508 e. The van der Waals surface area contributed by atoms with Gasteiger partial charge in [0.05, 0.1) is 0 Å². The molecule has 2 aromatic carbocycles. The monoisotopic (exact) mass is 259 g/mol. The highest BCUT2D eigenvalue weighted by molar-refractivity contribution is 6.06. The van der Waals surface area contributed by atoms with Crippen LogP contribution in [0.5, 0.6) is 5.75 Å². The van der Waals surface area contributed by atoms with Crippen molar-refractivity contribution in [2.24, 2.45) is 0 Å². The first kappa shape index (κ1) is 13.1. The molecule has 0 radical (unpaired) electrons. The molecule has 4 heteroatoms. The highest BCUT2D eigenvalue weighted by Gasteiger charge is 2.16. The Hall–Kier alpha value is -2.36. The molecule has 0 spiro atoms. The number of hydrogen-bond donors (Lipinski definition) is 1. The first-order valence-corrected chi connectivity index (χ1v) is 5.82. The zero-order chi connectivity index (χ0) is 14.0. The first-order valence-electron chi connectivity index (χ1n) is 5.82. The van der Waals surface area contributed by atoms with Gasteiger partial charge in [-0.25, -0.2) is 4.39 Å². The third-order valence-electron chi connectivity index (χ3n) is 2.94. The number of carbonyl (C=O) groups excluding carboxylic acids is 1. The molecule has 3 nitrogen and oxygen atoms in total. The summed E-state index contributed by atoms with van der Waals surface area (Å²) in [5, 5.41) is 9.34. The molecule has 0 heterocycles. The molecule has 98 valence electrons. The van der Waals surface area contributed by atoms with E-state index < -0.39 is 0 Å². The lowest BCUT2D eigenvalue weighted by molar-refractivity contribution is 0.0992. The second-order valence-electron chi connectivity index (χ2n) is 4.34. The first-order chi connectivity index (χ1) is 8.99. The van der Waals surface area contributed by atoms with Gasteiger partial charge in [-0.2, -0.15) is 0 Å². The van der Waals surface area contributed by atoms with Crippen LogP contribution in [0.4, 0.5) is 10.1 Å². The average molecular weight is 259 g/mol. The van der Waals surface area contributed by atoms with E-state index in [-0.39, 0.29) is 17.5 Å². The summed E-state index contributed by atoms with van der Waals surface area (Å²) in [5.41, 5.74) is 1.63. The molecule has 0 saturated heterocycles. The van der Waals surface area contributed by atoms with Crippen LogP contribution in [-0.4, -0.2) is 18.1 Å². The van der Waals surface area contributed by atoms with E-state index in [1.54, 1.807) is 32.2 Å². The molecule has 0 unspecified atom stereocenters. The van der Waals surface area contributed by atoms with Gasteiger partial charge >= 0.3 is 0 Å². The molecule has 1 N–H and O–H groups in total. The van der Waals surface area contributed by atoms with Crippen molar-refractivity contribution in [3.05, 3.63) is 59.4 Å². The van der Waals surface area contributed by atoms with Crippen LogP contribution >= 0.6 is 0 Å². The molecular formula is C15H14FNO2. The van der Waals surface area contributed by atoms with Crippen molar-refractivity contribution < 1.29 is 14.3 Å². The van der Waals surface area contributed by atoms with Gasteiger partial charge in [0.2, 0.25) is 0 Å². The van der Waals surface area contributed by atoms with Crippen molar-refractivity contribution in [2.75, 3.05) is 11.9 Å². The topological polar surface area (TPSA) is 40.5 Å². The Kier molecular flexibility index (Phi) is 3.51.